The van der Waals surface area contributed by atoms with E-state index < -0.39 is 5.82 Å². The van der Waals surface area contributed by atoms with Crippen LogP contribution in [-0.2, 0) is 11.3 Å². The second kappa shape index (κ2) is 41.7. The lowest BCUT2D eigenvalue weighted by Crippen LogP contribution is -2.47. The van der Waals surface area contributed by atoms with Gasteiger partial charge in [-0.3, -0.25) is 25.1 Å². The van der Waals surface area contributed by atoms with Crippen LogP contribution >= 0.6 is 0 Å². The summed E-state index contributed by atoms with van der Waals surface area (Å²) in [6.45, 7) is 10.5. The molecule has 0 bridgehead atoms. The molecule has 5 saturated heterocycles. The molecule has 25 rings (SSSR count). The number of halogens is 4. The van der Waals surface area contributed by atoms with E-state index >= 15 is 4.39 Å². The molecular formula is C103H114F4N32O. The summed E-state index contributed by atoms with van der Waals surface area (Å²) in [4.78, 5) is 57.2. The van der Waals surface area contributed by atoms with E-state index in [1.807, 2.05) is 71.6 Å². The lowest BCUT2D eigenvalue weighted by atomic mass is 10.0. The predicted octanol–water partition coefficient (Wildman–Crippen LogP) is 19.8. The smallest absolute Gasteiger partial charge is 0.223 e. The SMILES string of the molecule is CCn1nc(Nc2cc(N3CCCC3c3ccc(F)cc3)ncn2)cc1C1CC1.CN1CCN(c2cc(Nc3cc(C4CC4)[nH]n3)ncn2)C(c2ccccc2)C1.Fc1ccc(C2CCCN2c2ncnc(Nc3cc(C4CC4)[nH]n3)c2F)cc1.Nc1nc(Nc2cc(C3CC3)[nH]n2)cc(N2CCCC2c2ccc(F)cc2)n1.c1ccc(C2COCCN2c2cc(Nc3cc(C4CC4)[nH]n3)ncn2)cc1. The highest BCUT2D eigenvalue weighted by atomic mass is 19.1. The van der Waals surface area contributed by atoms with Crippen LogP contribution in [0, 0.1) is 23.3 Å². The van der Waals surface area contributed by atoms with Crippen LogP contribution in [0.15, 0.2) is 213 Å². The van der Waals surface area contributed by atoms with E-state index in [1.54, 1.807) is 31.1 Å². The number of anilines is 16. The summed E-state index contributed by atoms with van der Waals surface area (Å²) in [5.41, 5.74) is 17.6. The molecule has 0 spiro atoms. The Morgan fingerprint density at radius 1 is 0.357 bits per heavy atom. The van der Waals surface area contributed by atoms with E-state index in [0.29, 0.717) is 61.0 Å². The number of H-pyrrole nitrogens is 4. The van der Waals surface area contributed by atoms with Gasteiger partial charge in [0.1, 0.15) is 89.3 Å². The van der Waals surface area contributed by atoms with Crippen LogP contribution in [0.25, 0.3) is 0 Å². The number of nitrogens with two attached hydrogens (primary N) is 1. The third kappa shape index (κ3) is 22.4. The average molecular weight is 1890 g/mol. The molecule has 5 saturated carbocycles. The zero-order chi connectivity index (χ0) is 94.9. The van der Waals surface area contributed by atoms with Crippen LogP contribution in [0.4, 0.5) is 111 Å². The van der Waals surface area contributed by atoms with Gasteiger partial charge >= 0.3 is 0 Å². The Balaban J connectivity index is 0.000000104. The van der Waals surface area contributed by atoms with Crippen molar-refractivity contribution >= 4 is 93.2 Å². The van der Waals surface area contributed by atoms with Gasteiger partial charge in [-0.25, -0.2) is 53.0 Å². The lowest BCUT2D eigenvalue weighted by Gasteiger charge is -2.41. The van der Waals surface area contributed by atoms with Crippen LogP contribution < -0.4 is 56.8 Å². The van der Waals surface area contributed by atoms with Crippen LogP contribution in [-0.4, -0.2) is 171 Å². The maximum Gasteiger partial charge on any atom is 0.223 e. The Bertz CT molecular complexity index is 6650. The van der Waals surface area contributed by atoms with Gasteiger partial charge in [0.25, 0.3) is 0 Å². The molecule has 5 atom stereocenters. The number of aromatic nitrogens is 20. The average Bonchev–Trinajstić information content (AvgIpc) is 1.75. The first-order valence-corrected chi connectivity index (χ1v) is 48.9. The minimum atomic E-state index is -0.507. The topological polar surface area (TPSA) is 376 Å². The van der Waals surface area contributed by atoms with Crippen molar-refractivity contribution in [1.82, 2.24) is 105 Å². The van der Waals surface area contributed by atoms with Gasteiger partial charge < -0.3 is 66.5 Å². The summed E-state index contributed by atoms with van der Waals surface area (Å²) in [6.07, 6.45) is 24.4. The number of aryl methyl sites for hydroxylation is 1. The molecule has 15 heterocycles. The number of nitrogens with one attached hydrogen (secondary N) is 9. The number of ether oxygens (including phenoxy) is 1. The second-order valence-corrected chi connectivity index (χ2v) is 37.5. The summed E-state index contributed by atoms with van der Waals surface area (Å²) in [5, 5.41) is 50.4. The van der Waals surface area contributed by atoms with Gasteiger partial charge in [-0.15, -0.1) is 0 Å². The molecule has 5 unspecified atom stereocenters. The largest absolute Gasteiger partial charge is 0.377 e. The summed E-state index contributed by atoms with van der Waals surface area (Å²) in [7, 11) is 2.18. The number of hydrogen-bond donors (Lipinski definition) is 10. The summed E-state index contributed by atoms with van der Waals surface area (Å²) >= 11 is 0. The highest BCUT2D eigenvalue weighted by Crippen LogP contribution is 2.47. The molecule has 720 valence electrons. The Labute approximate surface area is 808 Å². The zero-order valence-electron chi connectivity index (χ0n) is 78.2. The van der Waals surface area contributed by atoms with Crippen molar-refractivity contribution in [3.63, 3.8) is 0 Å². The summed E-state index contributed by atoms with van der Waals surface area (Å²) < 4.78 is 62.9. The molecule has 37 heteroatoms. The van der Waals surface area contributed by atoms with Gasteiger partial charge in [-0.2, -0.15) is 39.9 Å². The quantitative estimate of drug-likeness (QED) is 0.0225. The number of piperazine rings is 1. The number of rotatable bonds is 26. The number of likely N-dealkylation sites (N-methyl/N-ethyl adjacent to an activating group) is 1. The number of aromatic amines is 4. The Morgan fingerprint density at radius 2 is 0.750 bits per heavy atom. The van der Waals surface area contributed by atoms with Crippen molar-refractivity contribution in [1.29, 1.82) is 0 Å². The van der Waals surface area contributed by atoms with E-state index in [0.717, 1.165) is 189 Å². The van der Waals surface area contributed by atoms with Crippen molar-refractivity contribution < 1.29 is 22.3 Å². The molecule has 10 aliphatic rings. The number of nitrogen functional groups attached to an aromatic ring is 1. The molecule has 11 N–H and O–H groups in total. The molecule has 5 aliphatic heterocycles. The Hall–Kier alpha value is -15.0. The van der Waals surface area contributed by atoms with Crippen molar-refractivity contribution in [2.75, 3.05) is 123 Å². The standard InChI is InChI=1S/C22H25FN6.C21H25N7.C20H20F2N6.C20H22FN7.C20H22N6O/c1-2-29-19(16-5-6-16)12-21(27-29)26-20-13-22(25-14-24-20)28-11-3-4-18(28)15-7-9-17(23)10-8-15;1-27-9-10-28(18(13-27)16-5-3-2-4-6-16)21-12-19(22-14-23-21)24-20-11-17(25-26-20)15-7-8-15;21-14-7-5-13(6-8-14)16-2-1-9-28(16)20-18(22)19(23-11-24-20)25-17-10-15(26-27-17)12-3-4-12;21-14-7-5-13(6-8-14)16-2-1-9-28(16)19-11-17(24-20(22)25-19)23-18-10-15(26-27-18)12-3-4-12;1-2-4-15(5-3-1)17-12-27-9-8-26(17)20-11-18(21-13-22-20)23-19-10-16(24-25-19)14-6-7-14/h7-10,12-14,16,18H,2-6,11H2,1H3,(H,24,25,26,27);2-6,11-12,14-15,18H,7-10,13H2,1H3,(H2,22,23,24,25,26);5-8,10-12,16H,1-4,9H2,(H2,23,24,25,26,27);5-8,10-12,16H,1-4,9H2,(H4,22,23,24,25,26,27);1-5,10-11,13-14,17H,6-9,12H2,(H2,21,22,23,24,25). The fraction of sp³-hybridized carbons (Fsp3) is 0.369. The third-order valence-electron chi connectivity index (χ3n) is 27.3. The van der Waals surface area contributed by atoms with Crippen molar-refractivity contribution in [3.8, 4) is 0 Å². The molecular weight excluding hydrogens is 1780 g/mol. The minimum Gasteiger partial charge on any atom is -0.377 e. The molecule has 0 radical (unpaired) electrons. The number of benzene rings is 5. The summed E-state index contributed by atoms with van der Waals surface area (Å²) in [6, 6.07) is 59.7. The number of nitrogens with zero attached hydrogens (tertiary/aromatic N) is 22. The molecule has 5 aromatic carbocycles. The van der Waals surface area contributed by atoms with Gasteiger partial charge in [0.05, 0.1) is 43.4 Å². The molecule has 15 aromatic rings. The molecule has 10 fully saturated rings. The van der Waals surface area contributed by atoms with Crippen LogP contribution in [0.5, 0.6) is 0 Å². The van der Waals surface area contributed by atoms with E-state index in [-0.39, 0.29) is 65.2 Å². The fourth-order valence-electron chi connectivity index (χ4n) is 19.3. The first-order valence-electron chi connectivity index (χ1n) is 48.9. The van der Waals surface area contributed by atoms with E-state index in [9.17, 15) is 13.2 Å². The maximum atomic E-state index is 15.2. The Morgan fingerprint density at radius 3 is 1.21 bits per heavy atom. The van der Waals surface area contributed by atoms with E-state index in [2.05, 4.69) is 238 Å². The normalized spacial score (nSPS) is 19.5. The van der Waals surface area contributed by atoms with E-state index in [4.69, 9.17) is 10.5 Å². The first kappa shape index (κ1) is 91.4. The third-order valence-corrected chi connectivity index (χ3v) is 27.3. The highest BCUT2D eigenvalue weighted by Gasteiger charge is 2.37. The second-order valence-electron chi connectivity index (χ2n) is 37.5. The first-order chi connectivity index (χ1) is 68.7. The van der Waals surface area contributed by atoms with Gasteiger partial charge in [0.15, 0.2) is 40.7 Å². The Kier molecular flexibility index (Phi) is 27.2. The van der Waals surface area contributed by atoms with Crippen LogP contribution in [0.3, 0.4) is 0 Å². The van der Waals surface area contributed by atoms with Crippen molar-refractivity contribution in [2.45, 2.75) is 176 Å². The molecule has 140 heavy (non-hydrogen) atoms. The molecule has 0 amide bonds. The van der Waals surface area contributed by atoms with Gasteiger partial charge in [-0.05, 0) is 181 Å². The molecule has 10 aromatic heterocycles. The maximum absolute atomic E-state index is 15.2. The zero-order valence-corrected chi connectivity index (χ0v) is 78.2. The summed E-state index contributed by atoms with van der Waals surface area (Å²) in [5.74, 6) is 12.5. The lowest BCUT2D eigenvalue weighted by molar-refractivity contribution is 0.0937. The highest BCUT2D eigenvalue weighted by molar-refractivity contribution is 5.65. The van der Waals surface area contributed by atoms with Gasteiger partial charge in [-0.1, -0.05) is 97.1 Å². The van der Waals surface area contributed by atoms with Crippen LogP contribution in [0.2, 0.25) is 0 Å². The predicted molar refractivity (Wildman–Crippen MR) is 532 cm³/mol. The monoisotopic (exact) mass is 1890 g/mol. The fourth-order valence-corrected chi connectivity index (χ4v) is 19.3. The molecule has 5 aliphatic carbocycles. The molecule has 33 nitrogen and oxygen atoms in total. The van der Waals surface area contributed by atoms with E-state index in [1.165, 1.54) is 122 Å². The minimum absolute atomic E-state index is 0.0373. The van der Waals surface area contributed by atoms with Crippen LogP contribution in [0.1, 0.15) is 226 Å². The number of hydrogen-bond acceptors (Lipinski definition) is 28. The van der Waals surface area contributed by atoms with Gasteiger partial charge in [0, 0.05) is 165 Å². The van der Waals surface area contributed by atoms with Crippen molar-refractivity contribution in [3.05, 3.63) is 293 Å². The number of morpholine rings is 1. The van der Waals surface area contributed by atoms with Crippen molar-refractivity contribution in [2.24, 2.45) is 0 Å². The van der Waals surface area contributed by atoms with Gasteiger partial charge in [0.2, 0.25) is 11.8 Å².